The molecule has 0 aliphatic heterocycles. The number of hydrogen-bond acceptors (Lipinski definition) is 4. The zero-order valence-corrected chi connectivity index (χ0v) is 13.1. The molecule has 1 saturated carbocycles. The maximum Gasteiger partial charge on any atom is 0.0702 e. The molecule has 102 valence electrons. The molecule has 0 bridgehead atoms. The van der Waals surface area contributed by atoms with Crippen LogP contribution in [0, 0.1) is 0 Å². The van der Waals surface area contributed by atoms with Gasteiger partial charge in [0.15, 0.2) is 0 Å². The monoisotopic (exact) mass is 332 g/mol. The average Bonchev–Trinajstić information content (AvgIpc) is 2.62. The summed E-state index contributed by atoms with van der Waals surface area (Å²) in [6.07, 6.45) is 3.76. The molecule has 2 unspecified atom stereocenters. The first-order valence-corrected chi connectivity index (χ1v) is 8.12. The molecule has 1 heterocycles. The highest BCUT2D eigenvalue weighted by Crippen LogP contribution is 2.37. The third-order valence-electron chi connectivity index (χ3n) is 3.64. The van der Waals surface area contributed by atoms with E-state index in [1.807, 2.05) is 0 Å². The molecular weight excluding hydrogens is 312 g/mol. The second-order valence-electron chi connectivity index (χ2n) is 4.99. The Morgan fingerprint density at radius 3 is 2.67 bits per heavy atom. The zero-order valence-electron chi connectivity index (χ0n) is 10.7. The summed E-state index contributed by atoms with van der Waals surface area (Å²) in [5, 5.41) is 9.30. The van der Waals surface area contributed by atoms with Crippen LogP contribution in [0.2, 0.25) is 0 Å². The fourth-order valence-corrected chi connectivity index (χ4v) is 4.26. The molecule has 0 radical (unpaired) electrons. The van der Waals surface area contributed by atoms with Gasteiger partial charge in [0.25, 0.3) is 0 Å². The van der Waals surface area contributed by atoms with Crippen LogP contribution in [0.4, 0.5) is 0 Å². The van der Waals surface area contributed by atoms with Crippen molar-refractivity contribution < 1.29 is 5.11 Å². The second-order valence-corrected chi connectivity index (χ2v) is 7.49. The van der Waals surface area contributed by atoms with Gasteiger partial charge in [0.2, 0.25) is 0 Å². The summed E-state index contributed by atoms with van der Waals surface area (Å²) in [7, 11) is 0. The fourth-order valence-electron chi connectivity index (χ4n) is 2.59. The summed E-state index contributed by atoms with van der Waals surface area (Å²) in [5.41, 5.74) is 6.19. The highest BCUT2D eigenvalue weighted by molar-refractivity contribution is 9.11. The Morgan fingerprint density at radius 2 is 2.28 bits per heavy atom. The van der Waals surface area contributed by atoms with Gasteiger partial charge >= 0.3 is 0 Å². The van der Waals surface area contributed by atoms with E-state index in [1.165, 1.54) is 24.1 Å². The van der Waals surface area contributed by atoms with Crippen LogP contribution in [0.1, 0.15) is 37.1 Å². The molecule has 1 fully saturated rings. The second kappa shape index (κ2) is 6.48. The van der Waals surface area contributed by atoms with Crippen molar-refractivity contribution in [2.45, 2.75) is 44.3 Å². The van der Waals surface area contributed by atoms with Crippen molar-refractivity contribution in [3.05, 3.63) is 20.8 Å². The summed E-state index contributed by atoms with van der Waals surface area (Å²) < 4.78 is 1.14. The van der Waals surface area contributed by atoms with Crippen LogP contribution in [0.25, 0.3) is 0 Å². The van der Waals surface area contributed by atoms with E-state index < -0.39 is 0 Å². The number of rotatable bonds is 6. The van der Waals surface area contributed by atoms with Crippen molar-refractivity contribution in [2.75, 3.05) is 13.2 Å². The third-order valence-corrected chi connectivity index (χ3v) is 5.34. The standard InChI is InChI=1S/C13H21BrN2OS/c1-9(15)13(11-5-6-12(14)18-11)16(7-8-17)10-3-2-4-10/h5-6,9-10,13,17H,2-4,7-8,15H2,1H3. The Bertz CT molecular complexity index is 379. The molecule has 1 aliphatic rings. The van der Waals surface area contributed by atoms with Gasteiger partial charge in [-0.1, -0.05) is 6.42 Å². The molecule has 1 aromatic rings. The Hall–Kier alpha value is 0.0600. The van der Waals surface area contributed by atoms with Crippen LogP contribution >= 0.6 is 27.3 Å². The molecule has 18 heavy (non-hydrogen) atoms. The zero-order chi connectivity index (χ0) is 13.1. The summed E-state index contributed by atoms with van der Waals surface area (Å²) in [6, 6.07) is 5.11. The van der Waals surface area contributed by atoms with Gasteiger partial charge in [-0.2, -0.15) is 0 Å². The number of nitrogens with zero attached hydrogens (tertiary/aromatic N) is 1. The third kappa shape index (κ3) is 3.14. The quantitative estimate of drug-likeness (QED) is 0.842. The number of aliphatic hydroxyl groups excluding tert-OH is 1. The number of thiophene rings is 1. The number of halogens is 1. The van der Waals surface area contributed by atoms with Crippen LogP contribution < -0.4 is 5.73 Å². The Morgan fingerprint density at radius 1 is 1.56 bits per heavy atom. The molecular formula is C13H21BrN2OS. The van der Waals surface area contributed by atoms with Gasteiger partial charge in [-0.25, -0.2) is 0 Å². The Labute approximate surface area is 121 Å². The highest BCUT2D eigenvalue weighted by atomic mass is 79.9. The number of nitrogens with two attached hydrogens (primary N) is 1. The lowest BCUT2D eigenvalue weighted by molar-refractivity contribution is 0.0518. The lowest BCUT2D eigenvalue weighted by atomic mass is 9.89. The van der Waals surface area contributed by atoms with Crippen molar-refractivity contribution in [3.8, 4) is 0 Å². The van der Waals surface area contributed by atoms with Gasteiger partial charge in [-0.15, -0.1) is 11.3 Å². The van der Waals surface area contributed by atoms with Gasteiger partial charge in [-0.05, 0) is 47.8 Å². The first-order valence-electron chi connectivity index (χ1n) is 6.51. The normalized spacial score (nSPS) is 19.8. The molecule has 0 saturated heterocycles. The molecule has 1 aliphatic carbocycles. The average molecular weight is 333 g/mol. The maximum absolute atomic E-state index is 9.30. The molecule has 3 nitrogen and oxygen atoms in total. The number of hydrogen-bond donors (Lipinski definition) is 2. The van der Waals surface area contributed by atoms with Crippen molar-refractivity contribution in [1.82, 2.24) is 4.90 Å². The molecule has 2 atom stereocenters. The summed E-state index contributed by atoms with van der Waals surface area (Å²) >= 11 is 5.26. The van der Waals surface area contributed by atoms with Gasteiger partial charge in [0.1, 0.15) is 0 Å². The minimum absolute atomic E-state index is 0.0719. The van der Waals surface area contributed by atoms with Crippen LogP contribution in [0.3, 0.4) is 0 Å². The van der Waals surface area contributed by atoms with Crippen molar-refractivity contribution in [3.63, 3.8) is 0 Å². The predicted octanol–water partition coefficient (Wildman–Crippen LogP) is 2.75. The lowest BCUT2D eigenvalue weighted by Crippen LogP contribution is -2.48. The van der Waals surface area contributed by atoms with Crippen molar-refractivity contribution in [2.24, 2.45) is 5.73 Å². The Balaban J connectivity index is 2.20. The van der Waals surface area contributed by atoms with E-state index in [4.69, 9.17) is 5.73 Å². The predicted molar refractivity (Wildman–Crippen MR) is 79.8 cm³/mol. The summed E-state index contributed by atoms with van der Waals surface area (Å²) in [5.74, 6) is 0. The lowest BCUT2D eigenvalue weighted by Gasteiger charge is -2.43. The molecule has 2 rings (SSSR count). The van der Waals surface area contributed by atoms with Gasteiger partial charge < -0.3 is 10.8 Å². The molecule has 3 N–H and O–H groups in total. The van der Waals surface area contributed by atoms with E-state index in [1.54, 1.807) is 11.3 Å². The van der Waals surface area contributed by atoms with Crippen LogP contribution in [0.15, 0.2) is 15.9 Å². The van der Waals surface area contributed by atoms with Crippen LogP contribution in [-0.2, 0) is 0 Å². The first kappa shape index (κ1) is 14.5. The SMILES string of the molecule is CC(N)C(c1ccc(Br)s1)N(CCO)C1CCC1. The molecule has 0 amide bonds. The Kier molecular flexibility index (Phi) is 5.21. The molecule has 1 aromatic heterocycles. The summed E-state index contributed by atoms with van der Waals surface area (Å²) in [6.45, 7) is 2.97. The van der Waals surface area contributed by atoms with E-state index in [2.05, 4.69) is 39.9 Å². The molecule has 5 heteroatoms. The van der Waals surface area contributed by atoms with Gasteiger partial charge in [0.05, 0.1) is 16.4 Å². The largest absolute Gasteiger partial charge is 0.395 e. The minimum atomic E-state index is 0.0719. The molecule has 0 spiro atoms. The van der Waals surface area contributed by atoms with E-state index >= 15 is 0 Å². The molecule has 0 aromatic carbocycles. The van der Waals surface area contributed by atoms with E-state index in [0.717, 1.165) is 3.79 Å². The first-order chi connectivity index (χ1) is 8.63. The van der Waals surface area contributed by atoms with E-state index in [9.17, 15) is 5.11 Å². The van der Waals surface area contributed by atoms with Gasteiger partial charge in [-0.3, -0.25) is 4.90 Å². The van der Waals surface area contributed by atoms with E-state index in [0.29, 0.717) is 12.6 Å². The van der Waals surface area contributed by atoms with Crippen molar-refractivity contribution >= 4 is 27.3 Å². The highest BCUT2D eigenvalue weighted by Gasteiger charge is 2.33. The smallest absolute Gasteiger partial charge is 0.0702 e. The minimum Gasteiger partial charge on any atom is -0.395 e. The topological polar surface area (TPSA) is 49.5 Å². The van der Waals surface area contributed by atoms with Crippen LogP contribution in [0.5, 0.6) is 0 Å². The fraction of sp³-hybridized carbons (Fsp3) is 0.692. The maximum atomic E-state index is 9.30. The van der Waals surface area contributed by atoms with Crippen molar-refractivity contribution in [1.29, 1.82) is 0 Å². The van der Waals surface area contributed by atoms with Crippen LogP contribution in [-0.4, -0.2) is 35.2 Å². The van der Waals surface area contributed by atoms with Gasteiger partial charge in [0, 0.05) is 23.5 Å². The number of aliphatic hydroxyl groups is 1. The van der Waals surface area contributed by atoms with E-state index in [-0.39, 0.29) is 18.7 Å². The summed E-state index contributed by atoms with van der Waals surface area (Å²) in [4.78, 5) is 3.68.